The SMILES string of the molecule is COCCCCN(C)[C@H]1CCNC1. The van der Waals surface area contributed by atoms with E-state index in [1.165, 1.54) is 38.9 Å². The van der Waals surface area contributed by atoms with Crippen LogP contribution in [0.5, 0.6) is 0 Å². The zero-order valence-corrected chi connectivity index (χ0v) is 8.88. The third-order valence-electron chi connectivity index (χ3n) is 2.77. The summed E-state index contributed by atoms with van der Waals surface area (Å²) in [5.41, 5.74) is 0. The van der Waals surface area contributed by atoms with E-state index in [4.69, 9.17) is 4.74 Å². The number of likely N-dealkylation sites (N-methyl/N-ethyl adjacent to an activating group) is 1. The first-order valence-corrected chi connectivity index (χ1v) is 5.24. The Hall–Kier alpha value is -0.120. The van der Waals surface area contributed by atoms with E-state index in [9.17, 15) is 0 Å². The highest BCUT2D eigenvalue weighted by Gasteiger charge is 2.17. The molecular weight excluding hydrogens is 164 g/mol. The molecule has 1 N–H and O–H groups in total. The van der Waals surface area contributed by atoms with Gasteiger partial charge < -0.3 is 15.0 Å². The highest BCUT2D eigenvalue weighted by Crippen LogP contribution is 2.06. The average molecular weight is 186 g/mol. The van der Waals surface area contributed by atoms with Crippen LogP contribution in [0.25, 0.3) is 0 Å². The molecule has 1 saturated heterocycles. The summed E-state index contributed by atoms with van der Waals surface area (Å²) in [5.74, 6) is 0. The van der Waals surface area contributed by atoms with E-state index in [1.807, 2.05) is 0 Å². The van der Waals surface area contributed by atoms with E-state index >= 15 is 0 Å². The normalized spacial score (nSPS) is 22.8. The molecule has 0 aromatic carbocycles. The zero-order valence-electron chi connectivity index (χ0n) is 8.88. The van der Waals surface area contributed by atoms with Gasteiger partial charge in [-0.1, -0.05) is 0 Å². The van der Waals surface area contributed by atoms with Crippen LogP contribution in [-0.2, 0) is 4.74 Å². The van der Waals surface area contributed by atoms with Crippen molar-refractivity contribution in [2.45, 2.75) is 25.3 Å². The Balaban J connectivity index is 1.99. The second-order valence-electron chi connectivity index (χ2n) is 3.83. The Labute approximate surface area is 81.4 Å². The molecule has 0 aromatic rings. The Bertz CT molecular complexity index is 124. The van der Waals surface area contributed by atoms with Gasteiger partial charge in [-0.2, -0.15) is 0 Å². The number of nitrogens with zero attached hydrogens (tertiary/aromatic N) is 1. The van der Waals surface area contributed by atoms with Crippen molar-refractivity contribution in [2.75, 3.05) is 40.4 Å². The van der Waals surface area contributed by atoms with Crippen LogP contribution in [-0.4, -0.2) is 51.3 Å². The largest absolute Gasteiger partial charge is 0.385 e. The molecule has 13 heavy (non-hydrogen) atoms. The molecule has 0 saturated carbocycles. The van der Waals surface area contributed by atoms with Gasteiger partial charge in [-0.3, -0.25) is 0 Å². The molecule has 1 aliphatic rings. The quantitative estimate of drug-likeness (QED) is 0.618. The second-order valence-corrected chi connectivity index (χ2v) is 3.83. The van der Waals surface area contributed by atoms with Gasteiger partial charge in [0.1, 0.15) is 0 Å². The van der Waals surface area contributed by atoms with Crippen LogP contribution in [0.3, 0.4) is 0 Å². The lowest BCUT2D eigenvalue weighted by Crippen LogP contribution is -2.34. The summed E-state index contributed by atoms with van der Waals surface area (Å²) in [4.78, 5) is 2.47. The molecule has 3 nitrogen and oxygen atoms in total. The molecule has 1 atom stereocenters. The maximum Gasteiger partial charge on any atom is 0.0462 e. The number of ether oxygens (including phenoxy) is 1. The topological polar surface area (TPSA) is 24.5 Å². The van der Waals surface area contributed by atoms with Crippen LogP contribution >= 0.6 is 0 Å². The van der Waals surface area contributed by atoms with Crippen LogP contribution < -0.4 is 5.32 Å². The standard InChI is InChI=1S/C10H22N2O/c1-12(7-3-4-8-13-2)10-5-6-11-9-10/h10-11H,3-9H2,1-2H3/t10-/m0/s1. The number of methoxy groups -OCH3 is 1. The molecule has 0 spiro atoms. The molecule has 0 radical (unpaired) electrons. The maximum absolute atomic E-state index is 5.02. The highest BCUT2D eigenvalue weighted by atomic mass is 16.5. The van der Waals surface area contributed by atoms with Gasteiger partial charge in [-0.25, -0.2) is 0 Å². The van der Waals surface area contributed by atoms with Crippen LogP contribution in [0, 0.1) is 0 Å². The van der Waals surface area contributed by atoms with Crippen molar-refractivity contribution < 1.29 is 4.74 Å². The van der Waals surface area contributed by atoms with Crippen LogP contribution in [0.15, 0.2) is 0 Å². The Morgan fingerprint density at radius 3 is 2.92 bits per heavy atom. The Morgan fingerprint density at radius 2 is 2.31 bits per heavy atom. The smallest absolute Gasteiger partial charge is 0.0462 e. The first-order chi connectivity index (χ1) is 6.34. The van der Waals surface area contributed by atoms with Crippen molar-refractivity contribution in [3.05, 3.63) is 0 Å². The summed E-state index contributed by atoms with van der Waals surface area (Å²) in [6.45, 7) is 4.46. The molecular formula is C10H22N2O. The summed E-state index contributed by atoms with van der Waals surface area (Å²) in [6.07, 6.45) is 3.74. The summed E-state index contributed by atoms with van der Waals surface area (Å²) in [7, 11) is 4.00. The lowest BCUT2D eigenvalue weighted by atomic mass is 10.2. The summed E-state index contributed by atoms with van der Waals surface area (Å²) in [5, 5.41) is 3.39. The van der Waals surface area contributed by atoms with Gasteiger partial charge in [0.15, 0.2) is 0 Å². The lowest BCUT2D eigenvalue weighted by molar-refractivity contribution is 0.182. The minimum absolute atomic E-state index is 0.766. The van der Waals surface area contributed by atoms with E-state index in [0.29, 0.717) is 0 Å². The zero-order chi connectivity index (χ0) is 9.52. The van der Waals surface area contributed by atoms with Crippen molar-refractivity contribution in [3.63, 3.8) is 0 Å². The molecule has 1 aliphatic heterocycles. The highest BCUT2D eigenvalue weighted by molar-refractivity contribution is 4.78. The molecule has 0 unspecified atom stereocenters. The van der Waals surface area contributed by atoms with E-state index in [1.54, 1.807) is 7.11 Å². The molecule has 0 amide bonds. The number of hydrogen-bond acceptors (Lipinski definition) is 3. The van der Waals surface area contributed by atoms with Crippen LogP contribution in [0.4, 0.5) is 0 Å². The summed E-state index contributed by atoms with van der Waals surface area (Å²) < 4.78 is 5.02. The predicted molar refractivity (Wildman–Crippen MR) is 55.0 cm³/mol. The Morgan fingerprint density at radius 1 is 1.46 bits per heavy atom. The van der Waals surface area contributed by atoms with Gasteiger partial charge in [0.05, 0.1) is 0 Å². The Kier molecular flexibility index (Phi) is 5.35. The fourth-order valence-electron chi connectivity index (χ4n) is 1.81. The number of rotatable bonds is 6. The monoisotopic (exact) mass is 186 g/mol. The van der Waals surface area contributed by atoms with E-state index < -0.39 is 0 Å². The fourth-order valence-corrected chi connectivity index (χ4v) is 1.81. The summed E-state index contributed by atoms with van der Waals surface area (Å²) >= 11 is 0. The van der Waals surface area contributed by atoms with Gasteiger partial charge in [-0.15, -0.1) is 0 Å². The van der Waals surface area contributed by atoms with Crippen LogP contribution in [0.1, 0.15) is 19.3 Å². The maximum atomic E-state index is 5.02. The number of hydrogen-bond donors (Lipinski definition) is 1. The summed E-state index contributed by atoms with van der Waals surface area (Å²) in [6, 6.07) is 0.766. The molecule has 1 fully saturated rings. The van der Waals surface area contributed by atoms with Crippen LogP contribution in [0.2, 0.25) is 0 Å². The van der Waals surface area contributed by atoms with Gasteiger partial charge in [0.2, 0.25) is 0 Å². The number of nitrogens with one attached hydrogen (secondary N) is 1. The third-order valence-corrected chi connectivity index (χ3v) is 2.77. The van der Waals surface area contributed by atoms with Crippen molar-refractivity contribution in [3.8, 4) is 0 Å². The molecule has 3 heteroatoms. The minimum Gasteiger partial charge on any atom is -0.385 e. The molecule has 1 heterocycles. The van der Waals surface area contributed by atoms with Crippen molar-refractivity contribution in [2.24, 2.45) is 0 Å². The molecule has 78 valence electrons. The molecule has 0 bridgehead atoms. The second kappa shape index (κ2) is 6.35. The van der Waals surface area contributed by atoms with Gasteiger partial charge in [-0.05, 0) is 39.4 Å². The predicted octanol–water partition coefficient (Wildman–Crippen LogP) is 0.707. The molecule has 0 aliphatic carbocycles. The first kappa shape index (κ1) is 11.0. The van der Waals surface area contributed by atoms with E-state index in [2.05, 4.69) is 17.3 Å². The van der Waals surface area contributed by atoms with E-state index in [0.717, 1.165) is 12.6 Å². The van der Waals surface area contributed by atoms with Gasteiger partial charge in [0, 0.05) is 26.3 Å². The fraction of sp³-hybridized carbons (Fsp3) is 1.00. The van der Waals surface area contributed by atoms with Crippen molar-refractivity contribution >= 4 is 0 Å². The minimum atomic E-state index is 0.766. The average Bonchev–Trinajstić information content (AvgIpc) is 2.65. The number of unbranched alkanes of at least 4 members (excludes halogenated alkanes) is 1. The lowest BCUT2D eigenvalue weighted by Gasteiger charge is -2.23. The van der Waals surface area contributed by atoms with Gasteiger partial charge >= 0.3 is 0 Å². The van der Waals surface area contributed by atoms with Gasteiger partial charge in [0.25, 0.3) is 0 Å². The molecule has 0 aromatic heterocycles. The first-order valence-electron chi connectivity index (χ1n) is 5.24. The third kappa shape index (κ3) is 4.07. The van der Waals surface area contributed by atoms with Crippen molar-refractivity contribution in [1.82, 2.24) is 10.2 Å². The van der Waals surface area contributed by atoms with Crippen molar-refractivity contribution in [1.29, 1.82) is 0 Å². The molecule has 1 rings (SSSR count). The van der Waals surface area contributed by atoms with E-state index in [-0.39, 0.29) is 0 Å².